The molecule has 2 heterocycles. The Morgan fingerprint density at radius 2 is 1.89 bits per heavy atom. The molecule has 0 aliphatic heterocycles. The molecule has 1 aromatic carbocycles. The van der Waals surface area contributed by atoms with Crippen molar-refractivity contribution >= 4 is 43.2 Å². The second kappa shape index (κ2) is 4.37. The number of hydrogen-bond acceptors (Lipinski definition) is 3. The molecule has 2 aromatic heterocycles. The predicted molar refractivity (Wildman–Crippen MR) is 78.2 cm³/mol. The van der Waals surface area contributed by atoms with Gasteiger partial charge in [-0.2, -0.15) is 0 Å². The summed E-state index contributed by atoms with van der Waals surface area (Å²) in [7, 11) is 0. The maximum absolute atomic E-state index is 5.80. The third-order valence-corrected chi connectivity index (χ3v) is 3.75. The highest BCUT2D eigenvalue weighted by molar-refractivity contribution is 9.11. The molecule has 0 aliphatic carbocycles. The van der Waals surface area contributed by atoms with E-state index in [9.17, 15) is 0 Å². The summed E-state index contributed by atoms with van der Waals surface area (Å²) in [5.74, 6) is 0.761. The molecule has 0 saturated heterocycles. The summed E-state index contributed by atoms with van der Waals surface area (Å²) in [4.78, 5) is 0. The van der Waals surface area contributed by atoms with E-state index in [0.717, 1.165) is 26.0 Å². The minimum atomic E-state index is 0.678. The van der Waals surface area contributed by atoms with E-state index in [-0.39, 0.29) is 0 Å². The average Bonchev–Trinajstić information content (AvgIpc) is 2.72. The Morgan fingerprint density at radius 3 is 2.67 bits per heavy atom. The number of rotatable bonds is 1. The van der Waals surface area contributed by atoms with Crippen molar-refractivity contribution in [3.8, 4) is 11.4 Å². The summed E-state index contributed by atoms with van der Waals surface area (Å²) >= 11 is 6.96. The van der Waals surface area contributed by atoms with Gasteiger partial charge in [0.25, 0.3) is 0 Å². The number of benzene rings is 1. The molecule has 0 atom stereocenters. The lowest BCUT2D eigenvalue weighted by Gasteiger charge is -2.04. The normalized spacial score (nSPS) is 11.0. The van der Waals surface area contributed by atoms with E-state index >= 15 is 0 Å². The molecule has 0 aliphatic rings. The fraction of sp³-hybridized carbons (Fsp3) is 0. The number of nitrogens with two attached hydrogens (primary N) is 1. The molecule has 6 heteroatoms. The molecular formula is C12H8Br2N4. The molecule has 0 unspecified atom stereocenters. The van der Waals surface area contributed by atoms with Crippen molar-refractivity contribution < 1.29 is 0 Å². The molecular weight excluding hydrogens is 360 g/mol. The van der Waals surface area contributed by atoms with Crippen LogP contribution in [0, 0.1) is 0 Å². The van der Waals surface area contributed by atoms with Gasteiger partial charge in [0.2, 0.25) is 0 Å². The van der Waals surface area contributed by atoms with Gasteiger partial charge in [-0.15, -0.1) is 10.2 Å². The summed E-state index contributed by atoms with van der Waals surface area (Å²) in [6.07, 6.45) is 1.82. The topological polar surface area (TPSA) is 56.2 Å². The van der Waals surface area contributed by atoms with Crippen LogP contribution in [0.25, 0.3) is 17.0 Å². The lowest BCUT2D eigenvalue weighted by atomic mass is 10.2. The van der Waals surface area contributed by atoms with Gasteiger partial charge in [-0.25, -0.2) is 0 Å². The van der Waals surface area contributed by atoms with Crippen LogP contribution in [0.5, 0.6) is 0 Å². The zero-order valence-electron chi connectivity index (χ0n) is 9.14. The molecule has 0 bridgehead atoms. The van der Waals surface area contributed by atoms with Crippen LogP contribution in [-0.2, 0) is 0 Å². The summed E-state index contributed by atoms with van der Waals surface area (Å²) in [5.41, 5.74) is 8.22. The predicted octanol–water partition coefficient (Wildman–Crippen LogP) is 3.50. The summed E-state index contributed by atoms with van der Waals surface area (Å²) in [5, 5.41) is 8.33. The first-order valence-electron chi connectivity index (χ1n) is 5.21. The molecule has 0 radical (unpaired) electrons. The summed E-state index contributed by atoms with van der Waals surface area (Å²) < 4.78 is 3.84. The van der Waals surface area contributed by atoms with E-state index in [4.69, 9.17) is 5.73 Å². The summed E-state index contributed by atoms with van der Waals surface area (Å²) in [6, 6.07) is 9.58. The van der Waals surface area contributed by atoms with Crippen molar-refractivity contribution in [3.05, 3.63) is 45.5 Å². The number of pyridine rings is 1. The number of hydrogen-bond donors (Lipinski definition) is 1. The minimum absolute atomic E-state index is 0.678. The molecule has 0 amide bonds. The lowest BCUT2D eigenvalue weighted by molar-refractivity contribution is 1.11. The maximum atomic E-state index is 5.80. The minimum Gasteiger partial charge on any atom is -0.398 e. The molecule has 3 aromatic rings. The van der Waals surface area contributed by atoms with Crippen LogP contribution in [0.4, 0.5) is 5.69 Å². The Morgan fingerprint density at radius 1 is 1.06 bits per heavy atom. The number of nitrogen functional groups attached to an aromatic ring is 1. The molecule has 90 valence electrons. The first-order chi connectivity index (χ1) is 8.65. The number of aromatic nitrogens is 3. The second-order valence-corrected chi connectivity index (χ2v) is 5.61. The van der Waals surface area contributed by atoms with Crippen LogP contribution in [-0.4, -0.2) is 14.6 Å². The molecule has 4 nitrogen and oxygen atoms in total. The summed E-state index contributed by atoms with van der Waals surface area (Å²) in [6.45, 7) is 0. The first-order valence-corrected chi connectivity index (χ1v) is 6.79. The molecule has 0 saturated carbocycles. The fourth-order valence-electron chi connectivity index (χ4n) is 1.76. The van der Waals surface area contributed by atoms with Crippen molar-refractivity contribution in [2.45, 2.75) is 0 Å². The zero-order valence-corrected chi connectivity index (χ0v) is 12.3. The van der Waals surface area contributed by atoms with Crippen LogP contribution >= 0.6 is 31.9 Å². The monoisotopic (exact) mass is 366 g/mol. The van der Waals surface area contributed by atoms with Crippen LogP contribution in [0.1, 0.15) is 0 Å². The highest BCUT2D eigenvalue weighted by Crippen LogP contribution is 2.30. The highest BCUT2D eigenvalue weighted by atomic mass is 79.9. The third kappa shape index (κ3) is 1.91. The second-order valence-electron chi connectivity index (χ2n) is 3.84. The fourth-order valence-corrected chi connectivity index (χ4v) is 2.99. The number of nitrogens with zero attached hydrogens (tertiary/aromatic N) is 3. The lowest BCUT2D eigenvalue weighted by Crippen LogP contribution is -1.93. The van der Waals surface area contributed by atoms with Crippen molar-refractivity contribution in [1.29, 1.82) is 0 Å². The number of fused-ring (bicyclic) bond motifs is 1. The Labute approximate surface area is 120 Å². The Balaban J connectivity index is 2.28. The van der Waals surface area contributed by atoms with Crippen LogP contribution < -0.4 is 5.73 Å². The number of anilines is 1. The Kier molecular flexibility index (Phi) is 2.83. The first kappa shape index (κ1) is 11.7. The van der Waals surface area contributed by atoms with Gasteiger partial charge < -0.3 is 5.73 Å². The van der Waals surface area contributed by atoms with Gasteiger partial charge in [-0.1, -0.05) is 15.9 Å². The van der Waals surface area contributed by atoms with E-state index in [2.05, 4.69) is 42.1 Å². The quantitative estimate of drug-likeness (QED) is 0.716. The van der Waals surface area contributed by atoms with E-state index < -0.39 is 0 Å². The van der Waals surface area contributed by atoms with E-state index in [1.807, 2.05) is 40.9 Å². The molecule has 3 rings (SSSR count). The Bertz CT molecular complexity index is 736. The molecule has 2 N–H and O–H groups in total. The van der Waals surface area contributed by atoms with Crippen molar-refractivity contribution in [3.63, 3.8) is 0 Å². The van der Waals surface area contributed by atoms with Gasteiger partial charge in [0, 0.05) is 26.4 Å². The SMILES string of the molecule is Nc1ccc2nnc(-c3ccc(Br)cc3Br)n2c1. The van der Waals surface area contributed by atoms with Crippen molar-refractivity contribution in [2.75, 3.05) is 5.73 Å². The van der Waals surface area contributed by atoms with Gasteiger partial charge in [0.1, 0.15) is 0 Å². The smallest absolute Gasteiger partial charge is 0.169 e. The molecule has 0 spiro atoms. The zero-order chi connectivity index (χ0) is 12.7. The third-order valence-electron chi connectivity index (χ3n) is 2.60. The largest absolute Gasteiger partial charge is 0.398 e. The molecule has 18 heavy (non-hydrogen) atoms. The Hall–Kier alpha value is -1.40. The van der Waals surface area contributed by atoms with E-state index in [1.54, 1.807) is 0 Å². The van der Waals surface area contributed by atoms with Crippen LogP contribution in [0.3, 0.4) is 0 Å². The standard InChI is InChI=1S/C12H8Br2N4/c13-7-1-3-9(10(14)5-7)12-17-16-11-4-2-8(15)6-18(11)12/h1-6H,15H2. The molecule has 0 fully saturated rings. The van der Waals surface area contributed by atoms with Gasteiger partial charge in [0.05, 0.1) is 0 Å². The van der Waals surface area contributed by atoms with E-state index in [0.29, 0.717) is 5.69 Å². The maximum Gasteiger partial charge on any atom is 0.169 e. The van der Waals surface area contributed by atoms with Crippen molar-refractivity contribution in [2.24, 2.45) is 0 Å². The van der Waals surface area contributed by atoms with Gasteiger partial charge in [-0.05, 0) is 46.3 Å². The van der Waals surface area contributed by atoms with Crippen LogP contribution in [0.15, 0.2) is 45.5 Å². The van der Waals surface area contributed by atoms with Gasteiger partial charge in [-0.3, -0.25) is 4.40 Å². The van der Waals surface area contributed by atoms with Gasteiger partial charge >= 0.3 is 0 Å². The highest BCUT2D eigenvalue weighted by Gasteiger charge is 2.11. The van der Waals surface area contributed by atoms with Crippen LogP contribution in [0.2, 0.25) is 0 Å². The van der Waals surface area contributed by atoms with E-state index in [1.165, 1.54) is 0 Å². The van der Waals surface area contributed by atoms with Crippen molar-refractivity contribution in [1.82, 2.24) is 14.6 Å². The number of halogens is 2. The van der Waals surface area contributed by atoms with Gasteiger partial charge in [0.15, 0.2) is 11.5 Å². The average molecular weight is 368 g/mol.